The summed E-state index contributed by atoms with van der Waals surface area (Å²) < 4.78 is 5.14. The van der Waals surface area contributed by atoms with Crippen LogP contribution in [-0.2, 0) is 6.42 Å². The first-order valence-electron chi connectivity index (χ1n) is 7.45. The van der Waals surface area contributed by atoms with Gasteiger partial charge in [0.15, 0.2) is 0 Å². The standard InChI is InChI=1S/C15H20N4O2/c1-3-12-11-6-10(7-17-15(11)21-19-12)14(20)18-13-8-16-5-4-9(13)2/h6-7,9,13,16H,3-5,8H2,1-2H3,(H,18,20). The molecule has 3 heterocycles. The van der Waals surface area contributed by atoms with E-state index >= 15 is 0 Å². The summed E-state index contributed by atoms with van der Waals surface area (Å²) in [5.74, 6) is 0.391. The van der Waals surface area contributed by atoms with E-state index in [2.05, 4.69) is 27.7 Å². The molecule has 1 saturated heterocycles. The van der Waals surface area contributed by atoms with Gasteiger partial charge in [-0.1, -0.05) is 19.0 Å². The molecule has 6 nitrogen and oxygen atoms in total. The third-order valence-electron chi connectivity index (χ3n) is 4.15. The first-order chi connectivity index (χ1) is 10.2. The second kappa shape index (κ2) is 5.81. The summed E-state index contributed by atoms with van der Waals surface area (Å²) in [6, 6.07) is 1.98. The Kier molecular flexibility index (Phi) is 3.88. The minimum Gasteiger partial charge on any atom is -0.348 e. The maximum absolute atomic E-state index is 12.4. The number of amides is 1. The van der Waals surface area contributed by atoms with Crippen molar-refractivity contribution >= 4 is 17.0 Å². The average Bonchev–Trinajstić information content (AvgIpc) is 2.91. The van der Waals surface area contributed by atoms with E-state index in [1.807, 2.05) is 13.0 Å². The second-order valence-electron chi connectivity index (χ2n) is 5.61. The Labute approximate surface area is 123 Å². The summed E-state index contributed by atoms with van der Waals surface area (Å²) in [6.45, 7) is 6.00. The predicted octanol–water partition coefficient (Wildman–Crippen LogP) is 1.51. The monoisotopic (exact) mass is 288 g/mol. The van der Waals surface area contributed by atoms with Crippen molar-refractivity contribution in [2.45, 2.75) is 32.7 Å². The Bertz CT molecular complexity index is 652. The van der Waals surface area contributed by atoms with Crippen LogP contribution in [0.3, 0.4) is 0 Å². The van der Waals surface area contributed by atoms with Gasteiger partial charge in [0.25, 0.3) is 11.6 Å². The van der Waals surface area contributed by atoms with Gasteiger partial charge in [-0.25, -0.2) is 4.98 Å². The third-order valence-corrected chi connectivity index (χ3v) is 4.15. The summed E-state index contributed by atoms with van der Waals surface area (Å²) >= 11 is 0. The van der Waals surface area contributed by atoms with Crippen LogP contribution in [0.5, 0.6) is 0 Å². The summed E-state index contributed by atoms with van der Waals surface area (Å²) in [6.07, 6.45) is 3.38. The highest BCUT2D eigenvalue weighted by Gasteiger charge is 2.23. The van der Waals surface area contributed by atoms with E-state index in [-0.39, 0.29) is 11.9 Å². The number of piperidine rings is 1. The fourth-order valence-electron chi connectivity index (χ4n) is 2.69. The average molecular weight is 288 g/mol. The Morgan fingerprint density at radius 1 is 1.57 bits per heavy atom. The summed E-state index contributed by atoms with van der Waals surface area (Å²) in [7, 11) is 0. The normalized spacial score (nSPS) is 22.4. The smallest absolute Gasteiger partial charge is 0.257 e. The van der Waals surface area contributed by atoms with Crippen LogP contribution in [0.4, 0.5) is 0 Å². The van der Waals surface area contributed by atoms with E-state index in [9.17, 15) is 4.79 Å². The molecule has 0 radical (unpaired) electrons. The largest absolute Gasteiger partial charge is 0.348 e. The molecule has 0 bridgehead atoms. The first kappa shape index (κ1) is 14.0. The lowest BCUT2D eigenvalue weighted by molar-refractivity contribution is 0.0915. The highest BCUT2D eigenvalue weighted by atomic mass is 16.5. The van der Waals surface area contributed by atoms with E-state index in [0.29, 0.717) is 17.2 Å². The summed E-state index contributed by atoms with van der Waals surface area (Å²) in [5, 5.41) is 11.2. The van der Waals surface area contributed by atoms with Crippen LogP contribution < -0.4 is 10.6 Å². The van der Waals surface area contributed by atoms with Crippen LogP contribution in [0.2, 0.25) is 0 Å². The number of rotatable bonds is 3. The summed E-state index contributed by atoms with van der Waals surface area (Å²) in [5.41, 5.74) is 1.87. The second-order valence-corrected chi connectivity index (χ2v) is 5.61. The zero-order valence-corrected chi connectivity index (χ0v) is 12.3. The SMILES string of the molecule is CCc1noc2ncc(C(=O)NC3CNCCC3C)cc12. The molecular formula is C15H20N4O2. The molecule has 2 N–H and O–H groups in total. The fourth-order valence-corrected chi connectivity index (χ4v) is 2.69. The molecule has 2 aromatic rings. The van der Waals surface area contributed by atoms with Gasteiger partial charge in [-0.05, 0) is 31.4 Å². The molecule has 1 fully saturated rings. The Hall–Kier alpha value is -1.95. The molecule has 6 heteroatoms. The van der Waals surface area contributed by atoms with E-state index in [1.54, 1.807) is 6.20 Å². The number of aromatic nitrogens is 2. The fraction of sp³-hybridized carbons (Fsp3) is 0.533. The van der Waals surface area contributed by atoms with Crippen molar-refractivity contribution < 1.29 is 9.32 Å². The molecule has 2 unspecified atom stereocenters. The lowest BCUT2D eigenvalue weighted by Crippen LogP contribution is -2.50. The quantitative estimate of drug-likeness (QED) is 0.895. The van der Waals surface area contributed by atoms with E-state index in [1.165, 1.54) is 0 Å². The maximum Gasteiger partial charge on any atom is 0.257 e. The first-order valence-corrected chi connectivity index (χ1v) is 7.45. The van der Waals surface area contributed by atoms with Crippen LogP contribution >= 0.6 is 0 Å². The van der Waals surface area contributed by atoms with Crippen molar-refractivity contribution in [1.29, 1.82) is 0 Å². The van der Waals surface area contributed by atoms with Gasteiger partial charge < -0.3 is 15.2 Å². The Balaban J connectivity index is 1.80. The number of carbonyl (C=O) groups excluding carboxylic acids is 1. The number of hydrogen-bond donors (Lipinski definition) is 2. The number of carbonyl (C=O) groups is 1. The lowest BCUT2D eigenvalue weighted by Gasteiger charge is -2.30. The van der Waals surface area contributed by atoms with Crippen molar-refractivity contribution in [3.63, 3.8) is 0 Å². The number of fused-ring (bicyclic) bond motifs is 1. The molecule has 3 rings (SSSR count). The molecule has 0 saturated carbocycles. The van der Waals surface area contributed by atoms with Crippen LogP contribution in [0.15, 0.2) is 16.8 Å². The minimum absolute atomic E-state index is 0.0896. The van der Waals surface area contributed by atoms with Gasteiger partial charge >= 0.3 is 0 Å². The molecule has 0 aliphatic carbocycles. The highest BCUT2D eigenvalue weighted by molar-refractivity contribution is 5.97. The topological polar surface area (TPSA) is 80.0 Å². The molecular weight excluding hydrogens is 268 g/mol. The molecule has 1 aliphatic heterocycles. The number of nitrogens with one attached hydrogen (secondary N) is 2. The van der Waals surface area contributed by atoms with Crippen LogP contribution in [0.1, 0.15) is 36.3 Å². The maximum atomic E-state index is 12.4. The Morgan fingerprint density at radius 2 is 2.43 bits per heavy atom. The van der Waals surface area contributed by atoms with Crippen molar-refractivity contribution in [2.24, 2.45) is 5.92 Å². The van der Waals surface area contributed by atoms with Crippen LogP contribution in [-0.4, -0.2) is 35.2 Å². The predicted molar refractivity (Wildman–Crippen MR) is 79.1 cm³/mol. The summed E-state index contributed by atoms with van der Waals surface area (Å²) in [4.78, 5) is 16.6. The highest BCUT2D eigenvalue weighted by Crippen LogP contribution is 2.19. The molecule has 0 spiro atoms. The van der Waals surface area contributed by atoms with Gasteiger partial charge in [-0.3, -0.25) is 4.79 Å². The van der Waals surface area contributed by atoms with Crippen molar-refractivity contribution in [1.82, 2.24) is 20.8 Å². The minimum atomic E-state index is -0.0896. The molecule has 2 aromatic heterocycles. The number of nitrogens with zero attached hydrogens (tertiary/aromatic N) is 2. The van der Waals surface area contributed by atoms with Crippen molar-refractivity contribution in [2.75, 3.05) is 13.1 Å². The number of pyridine rings is 1. The molecule has 21 heavy (non-hydrogen) atoms. The van der Waals surface area contributed by atoms with E-state index in [0.717, 1.165) is 37.0 Å². The molecule has 1 amide bonds. The number of hydrogen-bond acceptors (Lipinski definition) is 5. The third kappa shape index (κ3) is 2.76. The number of aryl methyl sites for hydroxylation is 1. The Morgan fingerprint density at radius 3 is 3.19 bits per heavy atom. The zero-order valence-electron chi connectivity index (χ0n) is 12.3. The lowest BCUT2D eigenvalue weighted by atomic mass is 9.94. The zero-order chi connectivity index (χ0) is 14.8. The van der Waals surface area contributed by atoms with Gasteiger partial charge in [0.05, 0.1) is 16.6 Å². The molecule has 2 atom stereocenters. The molecule has 1 aliphatic rings. The molecule has 0 aromatic carbocycles. The van der Waals surface area contributed by atoms with Crippen molar-refractivity contribution in [3.8, 4) is 0 Å². The van der Waals surface area contributed by atoms with Gasteiger partial charge in [0.1, 0.15) is 0 Å². The van der Waals surface area contributed by atoms with Crippen molar-refractivity contribution in [3.05, 3.63) is 23.5 Å². The van der Waals surface area contributed by atoms with Gasteiger partial charge in [-0.15, -0.1) is 0 Å². The van der Waals surface area contributed by atoms with Gasteiger partial charge in [0, 0.05) is 18.8 Å². The van der Waals surface area contributed by atoms with Gasteiger partial charge in [0.2, 0.25) is 0 Å². The van der Waals surface area contributed by atoms with E-state index < -0.39 is 0 Å². The molecule has 112 valence electrons. The van der Waals surface area contributed by atoms with Crippen LogP contribution in [0, 0.1) is 5.92 Å². The van der Waals surface area contributed by atoms with Gasteiger partial charge in [-0.2, -0.15) is 0 Å². The van der Waals surface area contributed by atoms with Crippen LogP contribution in [0.25, 0.3) is 11.1 Å². The van der Waals surface area contributed by atoms with E-state index in [4.69, 9.17) is 4.52 Å².